The van der Waals surface area contributed by atoms with Gasteiger partial charge in [-0.2, -0.15) is 0 Å². The van der Waals surface area contributed by atoms with Crippen LogP contribution >= 0.6 is 0 Å². The average Bonchev–Trinajstić information content (AvgIpc) is 2.55. The second-order valence-corrected chi connectivity index (χ2v) is 2.69. The van der Waals surface area contributed by atoms with Gasteiger partial charge in [-0.15, -0.1) is 0 Å². The number of amides is 1. The van der Waals surface area contributed by atoms with E-state index in [1.165, 1.54) is 6.26 Å². The van der Waals surface area contributed by atoms with Crippen LogP contribution in [-0.4, -0.2) is 18.6 Å². The number of furan rings is 1. The van der Waals surface area contributed by atoms with Crippen molar-refractivity contribution in [2.45, 2.75) is 13.0 Å². The summed E-state index contributed by atoms with van der Waals surface area (Å²) in [6.45, 7) is 2.06. The van der Waals surface area contributed by atoms with E-state index in [1.807, 2.05) is 0 Å². The molecule has 0 spiro atoms. The number of carbonyl (C=O) groups excluding carboxylic acids is 1. The molecule has 0 aliphatic rings. The highest BCUT2D eigenvalue weighted by Gasteiger charge is 2.11. The Morgan fingerprint density at radius 2 is 2.62 bits per heavy atom. The van der Waals surface area contributed by atoms with Crippen molar-refractivity contribution in [1.29, 1.82) is 0 Å². The van der Waals surface area contributed by atoms with Crippen LogP contribution in [0.5, 0.6) is 0 Å². The van der Waals surface area contributed by atoms with Crippen LogP contribution in [0.2, 0.25) is 0 Å². The molecule has 1 amide bonds. The Kier molecular flexibility index (Phi) is 3.48. The van der Waals surface area contributed by atoms with E-state index in [2.05, 4.69) is 10.2 Å². The SMILES string of the molecule is CC(CON)NC(=O)c1ccco1. The monoisotopic (exact) mass is 184 g/mol. The van der Waals surface area contributed by atoms with Gasteiger partial charge in [0.05, 0.1) is 18.9 Å². The van der Waals surface area contributed by atoms with Crippen LogP contribution in [0.4, 0.5) is 0 Å². The van der Waals surface area contributed by atoms with Gasteiger partial charge in [0.15, 0.2) is 5.76 Å². The Morgan fingerprint density at radius 3 is 3.15 bits per heavy atom. The maximum atomic E-state index is 11.3. The zero-order valence-electron chi connectivity index (χ0n) is 7.32. The van der Waals surface area contributed by atoms with Crippen molar-refractivity contribution in [3.05, 3.63) is 24.2 Å². The zero-order chi connectivity index (χ0) is 9.68. The van der Waals surface area contributed by atoms with Crippen LogP contribution < -0.4 is 11.2 Å². The van der Waals surface area contributed by atoms with Crippen LogP contribution in [0.3, 0.4) is 0 Å². The molecule has 0 aliphatic heterocycles. The summed E-state index contributed by atoms with van der Waals surface area (Å²) in [4.78, 5) is 15.7. The lowest BCUT2D eigenvalue weighted by Gasteiger charge is -2.10. The average molecular weight is 184 g/mol. The quantitative estimate of drug-likeness (QED) is 0.659. The predicted octanol–water partition coefficient (Wildman–Crippen LogP) is 0.288. The third kappa shape index (κ3) is 2.89. The van der Waals surface area contributed by atoms with Crippen molar-refractivity contribution in [2.24, 2.45) is 5.90 Å². The molecule has 1 heterocycles. The molecule has 1 rings (SSSR count). The molecule has 3 N–H and O–H groups in total. The van der Waals surface area contributed by atoms with E-state index >= 15 is 0 Å². The number of hydrogen-bond acceptors (Lipinski definition) is 4. The van der Waals surface area contributed by atoms with Crippen LogP contribution in [0, 0.1) is 0 Å². The van der Waals surface area contributed by atoms with E-state index in [1.54, 1.807) is 19.1 Å². The zero-order valence-corrected chi connectivity index (χ0v) is 7.32. The molecule has 1 unspecified atom stereocenters. The summed E-state index contributed by atoms with van der Waals surface area (Å²) in [7, 11) is 0. The molecule has 0 aliphatic carbocycles. The fourth-order valence-electron chi connectivity index (χ4n) is 0.889. The Bertz CT molecular complexity index is 258. The van der Waals surface area contributed by atoms with Crippen LogP contribution in [0.1, 0.15) is 17.5 Å². The second kappa shape index (κ2) is 4.64. The van der Waals surface area contributed by atoms with E-state index in [4.69, 9.17) is 10.3 Å². The molecular formula is C8H12N2O3. The second-order valence-electron chi connectivity index (χ2n) is 2.69. The van der Waals surface area contributed by atoms with E-state index in [0.29, 0.717) is 0 Å². The van der Waals surface area contributed by atoms with Gasteiger partial charge in [-0.1, -0.05) is 0 Å². The summed E-state index contributed by atoms with van der Waals surface area (Å²) in [5.74, 6) is 4.86. The molecule has 1 aromatic rings. The molecule has 72 valence electrons. The molecule has 5 nitrogen and oxygen atoms in total. The fourth-order valence-corrected chi connectivity index (χ4v) is 0.889. The number of nitrogens with two attached hydrogens (primary N) is 1. The van der Waals surface area contributed by atoms with E-state index in [0.717, 1.165) is 0 Å². The van der Waals surface area contributed by atoms with Crippen LogP contribution in [0.15, 0.2) is 22.8 Å². The van der Waals surface area contributed by atoms with Crippen molar-refractivity contribution >= 4 is 5.91 Å². The van der Waals surface area contributed by atoms with E-state index in [9.17, 15) is 4.79 Å². The molecular weight excluding hydrogens is 172 g/mol. The predicted molar refractivity (Wildman–Crippen MR) is 45.8 cm³/mol. The minimum atomic E-state index is -0.269. The molecule has 0 saturated heterocycles. The standard InChI is InChI=1S/C8H12N2O3/c1-6(5-13-9)10-8(11)7-3-2-4-12-7/h2-4,6H,5,9H2,1H3,(H,10,11). The Labute approximate surface area is 75.8 Å². The topological polar surface area (TPSA) is 77.5 Å². The molecule has 0 aromatic carbocycles. The van der Waals surface area contributed by atoms with Gasteiger partial charge in [0.25, 0.3) is 5.91 Å². The van der Waals surface area contributed by atoms with Crippen molar-refractivity contribution in [3.8, 4) is 0 Å². The number of hydrogen-bond donors (Lipinski definition) is 2. The summed E-state index contributed by atoms with van der Waals surface area (Å²) < 4.78 is 4.89. The smallest absolute Gasteiger partial charge is 0.287 e. The lowest BCUT2D eigenvalue weighted by atomic mass is 10.3. The van der Waals surface area contributed by atoms with E-state index in [-0.39, 0.29) is 24.3 Å². The highest BCUT2D eigenvalue weighted by Crippen LogP contribution is 1.99. The third-order valence-electron chi connectivity index (χ3n) is 1.47. The minimum Gasteiger partial charge on any atom is -0.459 e. The highest BCUT2D eigenvalue weighted by atomic mass is 16.6. The van der Waals surface area contributed by atoms with Gasteiger partial charge in [0.2, 0.25) is 0 Å². The maximum absolute atomic E-state index is 11.3. The third-order valence-corrected chi connectivity index (χ3v) is 1.47. The van der Waals surface area contributed by atoms with Crippen LogP contribution in [-0.2, 0) is 4.84 Å². The maximum Gasteiger partial charge on any atom is 0.287 e. The largest absolute Gasteiger partial charge is 0.459 e. The van der Waals surface area contributed by atoms with E-state index < -0.39 is 0 Å². The summed E-state index contributed by atoms with van der Waals surface area (Å²) in [5.41, 5.74) is 0. The number of carbonyl (C=O) groups is 1. The van der Waals surface area contributed by atoms with Crippen molar-refractivity contribution < 1.29 is 14.0 Å². The molecule has 13 heavy (non-hydrogen) atoms. The first-order chi connectivity index (χ1) is 6.24. The number of nitrogens with one attached hydrogen (secondary N) is 1. The lowest BCUT2D eigenvalue weighted by molar-refractivity contribution is 0.0833. The van der Waals surface area contributed by atoms with Gasteiger partial charge in [-0.3, -0.25) is 4.79 Å². The summed E-state index contributed by atoms with van der Waals surface area (Å²) in [5, 5.41) is 2.65. The Morgan fingerprint density at radius 1 is 1.85 bits per heavy atom. The fraction of sp³-hybridized carbons (Fsp3) is 0.375. The molecule has 0 bridgehead atoms. The van der Waals surface area contributed by atoms with Crippen LogP contribution in [0.25, 0.3) is 0 Å². The first kappa shape index (κ1) is 9.76. The van der Waals surface area contributed by atoms with Gasteiger partial charge in [-0.05, 0) is 19.1 Å². The van der Waals surface area contributed by atoms with Gasteiger partial charge < -0.3 is 14.6 Å². The molecule has 1 aromatic heterocycles. The first-order valence-electron chi connectivity index (χ1n) is 3.90. The van der Waals surface area contributed by atoms with Gasteiger partial charge in [0.1, 0.15) is 0 Å². The summed E-state index contributed by atoms with van der Waals surface area (Å²) >= 11 is 0. The Hall–Kier alpha value is -1.33. The minimum absolute atomic E-state index is 0.136. The molecule has 0 fully saturated rings. The molecule has 5 heteroatoms. The number of rotatable bonds is 4. The lowest BCUT2D eigenvalue weighted by Crippen LogP contribution is -2.36. The summed E-state index contributed by atoms with van der Waals surface area (Å²) in [6, 6.07) is 3.10. The summed E-state index contributed by atoms with van der Waals surface area (Å²) in [6.07, 6.45) is 1.44. The molecule has 0 saturated carbocycles. The van der Waals surface area contributed by atoms with Gasteiger partial charge in [0, 0.05) is 0 Å². The van der Waals surface area contributed by atoms with Crippen molar-refractivity contribution in [1.82, 2.24) is 5.32 Å². The van der Waals surface area contributed by atoms with Crippen molar-refractivity contribution in [3.63, 3.8) is 0 Å². The first-order valence-corrected chi connectivity index (χ1v) is 3.90. The normalized spacial score (nSPS) is 12.5. The van der Waals surface area contributed by atoms with Crippen molar-refractivity contribution in [2.75, 3.05) is 6.61 Å². The molecule has 0 radical (unpaired) electrons. The van der Waals surface area contributed by atoms with Gasteiger partial charge in [-0.25, -0.2) is 5.90 Å². The molecule has 1 atom stereocenters. The Balaban J connectivity index is 2.42. The van der Waals surface area contributed by atoms with Gasteiger partial charge >= 0.3 is 0 Å². The highest BCUT2D eigenvalue weighted by molar-refractivity contribution is 5.91.